The maximum Gasteiger partial charge on any atom is 0.227 e. The van der Waals surface area contributed by atoms with E-state index in [2.05, 4.69) is 10.3 Å². The van der Waals surface area contributed by atoms with Gasteiger partial charge in [0, 0.05) is 24.1 Å². The Labute approximate surface area is 112 Å². The zero-order chi connectivity index (χ0) is 13.8. The lowest BCUT2D eigenvalue weighted by atomic mass is 10.1. The van der Waals surface area contributed by atoms with Gasteiger partial charge >= 0.3 is 0 Å². The number of anilines is 1. The molecular weight excluding hydrogens is 240 g/mol. The summed E-state index contributed by atoms with van der Waals surface area (Å²) in [7, 11) is 0. The molecule has 0 spiro atoms. The highest BCUT2D eigenvalue weighted by molar-refractivity contribution is 5.92. The second-order valence-electron chi connectivity index (χ2n) is 4.63. The summed E-state index contributed by atoms with van der Waals surface area (Å²) in [6.45, 7) is 5.73. The number of aromatic nitrogens is 1. The zero-order valence-electron chi connectivity index (χ0n) is 11.4. The van der Waals surface area contributed by atoms with Gasteiger partial charge in [-0.1, -0.05) is 26.0 Å². The van der Waals surface area contributed by atoms with Crippen molar-refractivity contribution in [2.75, 3.05) is 5.32 Å². The van der Waals surface area contributed by atoms with E-state index in [4.69, 9.17) is 4.42 Å². The average Bonchev–Trinajstić information content (AvgIpc) is 2.85. The smallest absolute Gasteiger partial charge is 0.227 e. The Morgan fingerprint density at radius 2 is 2.05 bits per heavy atom. The fraction of sp³-hybridized carbons (Fsp3) is 0.333. The number of hydrogen-bond acceptors (Lipinski definition) is 3. The van der Waals surface area contributed by atoms with E-state index in [1.807, 2.05) is 45.0 Å². The Bertz CT molecular complexity index is 558. The summed E-state index contributed by atoms with van der Waals surface area (Å²) in [6.07, 6.45) is 2.46. The lowest BCUT2D eigenvalue weighted by molar-refractivity contribution is -0.119. The van der Waals surface area contributed by atoms with Crippen molar-refractivity contribution in [3.63, 3.8) is 0 Å². The molecule has 0 aliphatic carbocycles. The molecule has 0 saturated carbocycles. The topological polar surface area (TPSA) is 55.1 Å². The number of rotatable bonds is 4. The van der Waals surface area contributed by atoms with Crippen molar-refractivity contribution >= 4 is 11.6 Å². The third kappa shape index (κ3) is 3.22. The van der Waals surface area contributed by atoms with Crippen LogP contribution in [-0.2, 0) is 4.79 Å². The number of amides is 1. The molecule has 0 aliphatic rings. The van der Waals surface area contributed by atoms with E-state index in [1.165, 1.54) is 0 Å². The largest absolute Gasteiger partial charge is 0.449 e. The van der Waals surface area contributed by atoms with Gasteiger partial charge in [-0.2, -0.15) is 0 Å². The number of nitrogens with zero attached hydrogens (tertiary/aromatic N) is 1. The molecule has 0 bridgehead atoms. The van der Waals surface area contributed by atoms with Crippen LogP contribution < -0.4 is 5.32 Å². The van der Waals surface area contributed by atoms with Gasteiger partial charge in [0.15, 0.2) is 5.89 Å². The third-order valence-corrected chi connectivity index (χ3v) is 3.13. The van der Waals surface area contributed by atoms with Gasteiger partial charge in [0.05, 0.1) is 0 Å². The highest BCUT2D eigenvalue weighted by Gasteiger charge is 2.10. The predicted octanol–water partition coefficient (Wildman–Crippen LogP) is 3.63. The van der Waals surface area contributed by atoms with Gasteiger partial charge in [0.1, 0.15) is 12.0 Å². The van der Waals surface area contributed by atoms with E-state index in [0.717, 1.165) is 23.4 Å². The quantitative estimate of drug-likeness (QED) is 0.911. The molecule has 19 heavy (non-hydrogen) atoms. The maximum atomic E-state index is 11.8. The second-order valence-corrected chi connectivity index (χ2v) is 4.63. The summed E-state index contributed by atoms with van der Waals surface area (Å²) in [4.78, 5) is 16.0. The van der Waals surface area contributed by atoms with Gasteiger partial charge in [0.2, 0.25) is 5.91 Å². The molecule has 0 saturated heterocycles. The molecule has 2 rings (SSSR count). The lowest BCUT2D eigenvalue weighted by Crippen LogP contribution is -2.19. The Balaban J connectivity index is 2.08. The first-order valence-electron chi connectivity index (χ1n) is 6.43. The van der Waals surface area contributed by atoms with Crippen LogP contribution in [0.5, 0.6) is 0 Å². The van der Waals surface area contributed by atoms with Crippen molar-refractivity contribution in [2.45, 2.75) is 27.2 Å². The predicted molar refractivity (Wildman–Crippen MR) is 74.8 cm³/mol. The molecule has 2 aromatic rings. The van der Waals surface area contributed by atoms with Gasteiger partial charge in [-0.15, -0.1) is 0 Å². The molecule has 1 aromatic heterocycles. The second kappa shape index (κ2) is 5.69. The molecule has 0 fully saturated rings. The van der Waals surface area contributed by atoms with Crippen LogP contribution in [0.3, 0.4) is 0 Å². The highest BCUT2D eigenvalue weighted by atomic mass is 16.3. The molecule has 1 amide bonds. The third-order valence-electron chi connectivity index (χ3n) is 3.13. The van der Waals surface area contributed by atoms with Crippen molar-refractivity contribution in [1.82, 2.24) is 4.98 Å². The van der Waals surface area contributed by atoms with Crippen molar-refractivity contribution in [3.05, 3.63) is 36.4 Å². The summed E-state index contributed by atoms with van der Waals surface area (Å²) in [6, 6.07) is 7.59. The van der Waals surface area contributed by atoms with E-state index in [-0.39, 0.29) is 11.8 Å². The van der Waals surface area contributed by atoms with Crippen LogP contribution in [0.2, 0.25) is 0 Å². The maximum absolute atomic E-state index is 11.8. The minimum absolute atomic E-state index is 0.0258. The number of aryl methyl sites for hydroxylation is 1. The van der Waals surface area contributed by atoms with Crippen molar-refractivity contribution in [2.24, 2.45) is 5.92 Å². The van der Waals surface area contributed by atoms with Crippen LogP contribution in [-0.4, -0.2) is 10.9 Å². The van der Waals surface area contributed by atoms with E-state index in [1.54, 1.807) is 6.26 Å². The average molecular weight is 258 g/mol. The Morgan fingerprint density at radius 1 is 1.37 bits per heavy atom. The van der Waals surface area contributed by atoms with Crippen LogP contribution >= 0.6 is 0 Å². The molecule has 0 aliphatic heterocycles. The summed E-state index contributed by atoms with van der Waals surface area (Å²) >= 11 is 0. The molecule has 100 valence electrons. The van der Waals surface area contributed by atoms with Crippen LogP contribution in [0.1, 0.15) is 26.2 Å². The molecule has 4 heteroatoms. The van der Waals surface area contributed by atoms with E-state index in [9.17, 15) is 4.79 Å². The first-order chi connectivity index (χ1) is 9.10. The van der Waals surface area contributed by atoms with Crippen molar-refractivity contribution < 1.29 is 9.21 Å². The van der Waals surface area contributed by atoms with Gasteiger partial charge in [-0.25, -0.2) is 4.98 Å². The van der Waals surface area contributed by atoms with Gasteiger partial charge in [0.25, 0.3) is 0 Å². The number of nitrogens with one attached hydrogen (secondary N) is 1. The number of hydrogen-bond donors (Lipinski definition) is 1. The molecule has 0 radical (unpaired) electrons. The molecule has 1 heterocycles. The number of benzene rings is 1. The lowest BCUT2D eigenvalue weighted by Gasteiger charge is -2.10. The van der Waals surface area contributed by atoms with E-state index in [0.29, 0.717) is 5.89 Å². The molecular formula is C15H18N2O2. The van der Waals surface area contributed by atoms with Gasteiger partial charge < -0.3 is 9.73 Å². The fourth-order valence-corrected chi connectivity index (χ4v) is 1.67. The summed E-state index contributed by atoms with van der Waals surface area (Å²) in [5.41, 5.74) is 2.57. The molecule has 1 unspecified atom stereocenters. The van der Waals surface area contributed by atoms with Crippen LogP contribution in [0, 0.1) is 12.8 Å². The normalized spacial score (nSPS) is 12.2. The Morgan fingerprint density at radius 3 is 2.58 bits per heavy atom. The number of oxazole rings is 1. The standard InChI is InChI=1S/C15H18N2O2/c1-4-10(2)15(18)17-13-7-5-12(6-8-13)14-9-19-11(3)16-14/h5-10H,4H2,1-3H3,(H,17,18). The summed E-state index contributed by atoms with van der Waals surface area (Å²) in [5.74, 6) is 0.717. The van der Waals surface area contributed by atoms with Crippen molar-refractivity contribution in [3.8, 4) is 11.3 Å². The zero-order valence-corrected chi connectivity index (χ0v) is 11.4. The molecule has 1 N–H and O–H groups in total. The van der Waals surface area contributed by atoms with Crippen LogP contribution in [0.4, 0.5) is 5.69 Å². The fourth-order valence-electron chi connectivity index (χ4n) is 1.67. The summed E-state index contributed by atoms with van der Waals surface area (Å²) in [5, 5.41) is 2.89. The van der Waals surface area contributed by atoms with E-state index < -0.39 is 0 Å². The summed E-state index contributed by atoms with van der Waals surface area (Å²) < 4.78 is 5.18. The minimum atomic E-state index is 0.0258. The first kappa shape index (κ1) is 13.3. The van der Waals surface area contributed by atoms with Crippen LogP contribution in [0.15, 0.2) is 34.9 Å². The monoisotopic (exact) mass is 258 g/mol. The van der Waals surface area contributed by atoms with E-state index >= 15 is 0 Å². The van der Waals surface area contributed by atoms with Crippen LogP contribution in [0.25, 0.3) is 11.3 Å². The van der Waals surface area contributed by atoms with Gasteiger partial charge in [-0.05, 0) is 18.6 Å². The molecule has 4 nitrogen and oxygen atoms in total. The number of carbonyl (C=O) groups excluding carboxylic acids is 1. The van der Waals surface area contributed by atoms with Crippen molar-refractivity contribution in [1.29, 1.82) is 0 Å². The Hall–Kier alpha value is -2.10. The molecule has 1 aromatic carbocycles. The first-order valence-corrected chi connectivity index (χ1v) is 6.43. The Kier molecular flexibility index (Phi) is 4.00. The SMILES string of the molecule is CCC(C)C(=O)Nc1ccc(-c2coc(C)n2)cc1. The number of carbonyl (C=O) groups is 1. The minimum Gasteiger partial charge on any atom is -0.449 e. The molecule has 1 atom stereocenters. The van der Waals surface area contributed by atoms with Gasteiger partial charge in [-0.3, -0.25) is 4.79 Å². The highest BCUT2D eigenvalue weighted by Crippen LogP contribution is 2.21.